The quantitative estimate of drug-likeness (QED) is 0.352. The molecule has 1 aromatic heterocycles. The lowest BCUT2D eigenvalue weighted by Crippen LogP contribution is -2.26. The van der Waals surface area contributed by atoms with Crippen molar-refractivity contribution in [1.82, 2.24) is 20.1 Å². The van der Waals surface area contributed by atoms with Gasteiger partial charge in [-0.2, -0.15) is 0 Å². The monoisotopic (exact) mass is 476 g/mol. The van der Waals surface area contributed by atoms with E-state index in [1.54, 1.807) is 0 Å². The number of hydrogen-bond acceptors (Lipinski definition) is 6. The van der Waals surface area contributed by atoms with Gasteiger partial charge in [-0.1, -0.05) is 59.8 Å². The molecule has 2 heterocycles. The highest BCUT2D eigenvalue weighted by atomic mass is 32.2. The maximum Gasteiger partial charge on any atom is 0.231 e. The summed E-state index contributed by atoms with van der Waals surface area (Å²) in [5.74, 6) is 2.58. The molecule has 0 bridgehead atoms. The minimum atomic E-state index is 0.0142. The summed E-state index contributed by atoms with van der Waals surface area (Å²) >= 11 is 1.41. The number of thioether (sulfide) groups is 1. The molecule has 1 aliphatic carbocycles. The third-order valence-electron chi connectivity index (χ3n) is 6.01. The molecule has 34 heavy (non-hydrogen) atoms. The second-order valence-corrected chi connectivity index (χ2v) is 9.39. The molecule has 1 amide bonds. The lowest BCUT2D eigenvalue weighted by atomic mass is 9.97. The van der Waals surface area contributed by atoms with E-state index in [4.69, 9.17) is 9.47 Å². The van der Waals surface area contributed by atoms with E-state index in [1.807, 2.05) is 48.5 Å². The van der Waals surface area contributed by atoms with Gasteiger partial charge in [0.05, 0.1) is 12.3 Å². The second kappa shape index (κ2) is 10.8. The molecule has 8 heteroatoms. The van der Waals surface area contributed by atoms with Gasteiger partial charge in [0.25, 0.3) is 0 Å². The molecule has 1 aliphatic heterocycles. The van der Waals surface area contributed by atoms with Crippen LogP contribution in [-0.2, 0) is 11.3 Å². The summed E-state index contributed by atoms with van der Waals surface area (Å²) < 4.78 is 13.0. The zero-order chi connectivity index (χ0) is 23.2. The molecule has 2 aliphatic rings. The summed E-state index contributed by atoms with van der Waals surface area (Å²) in [5, 5.41) is 12.6. The summed E-state index contributed by atoms with van der Waals surface area (Å²) in [6, 6.07) is 15.9. The average molecular weight is 477 g/mol. The molecule has 0 saturated carbocycles. The first-order chi connectivity index (χ1) is 16.8. The summed E-state index contributed by atoms with van der Waals surface area (Å²) in [7, 11) is 0. The van der Waals surface area contributed by atoms with Gasteiger partial charge in [-0.05, 0) is 49.8 Å². The van der Waals surface area contributed by atoms with Gasteiger partial charge in [0.15, 0.2) is 22.5 Å². The van der Waals surface area contributed by atoms with Crippen LogP contribution in [0.5, 0.6) is 11.5 Å². The SMILES string of the molecule is O=C(CSc1nnc(-c2ccccc2)n1Cc1ccc2c(c1)OCO2)NCCC1=CCCCC1. The smallest absolute Gasteiger partial charge is 0.231 e. The number of ether oxygens (including phenoxy) is 2. The number of fused-ring (bicyclic) bond motifs is 1. The number of carbonyl (C=O) groups excluding carboxylic acids is 1. The Balaban J connectivity index is 1.27. The minimum Gasteiger partial charge on any atom is -0.454 e. The fraction of sp³-hybridized carbons (Fsp3) is 0.346. The zero-order valence-corrected chi connectivity index (χ0v) is 19.9. The Morgan fingerprint density at radius 1 is 1.06 bits per heavy atom. The molecule has 0 atom stereocenters. The molecule has 0 unspecified atom stereocenters. The third kappa shape index (κ3) is 5.44. The van der Waals surface area contributed by atoms with Crippen molar-refractivity contribution >= 4 is 17.7 Å². The molecule has 0 fully saturated rings. The van der Waals surface area contributed by atoms with Crippen molar-refractivity contribution < 1.29 is 14.3 Å². The van der Waals surface area contributed by atoms with E-state index in [-0.39, 0.29) is 12.7 Å². The maximum atomic E-state index is 12.5. The van der Waals surface area contributed by atoms with Crippen molar-refractivity contribution in [2.75, 3.05) is 19.1 Å². The topological polar surface area (TPSA) is 78.3 Å². The van der Waals surface area contributed by atoms with Gasteiger partial charge >= 0.3 is 0 Å². The van der Waals surface area contributed by atoms with E-state index < -0.39 is 0 Å². The van der Waals surface area contributed by atoms with Gasteiger partial charge < -0.3 is 14.8 Å². The standard InChI is InChI=1S/C26H28N4O3S/c31-24(27-14-13-19-7-3-1-4-8-19)17-34-26-29-28-25(21-9-5-2-6-10-21)30(26)16-20-11-12-22-23(15-20)33-18-32-22/h2,5-7,9-12,15H,1,3-4,8,13-14,16-18H2,(H,27,31). The predicted octanol–water partition coefficient (Wildman–Crippen LogP) is 4.82. The van der Waals surface area contributed by atoms with E-state index in [0.29, 0.717) is 24.0 Å². The number of hydrogen-bond donors (Lipinski definition) is 1. The molecule has 0 radical (unpaired) electrons. The predicted molar refractivity (Wildman–Crippen MR) is 132 cm³/mol. The number of carbonyl (C=O) groups is 1. The largest absolute Gasteiger partial charge is 0.454 e. The number of aromatic nitrogens is 3. The van der Waals surface area contributed by atoms with Crippen molar-refractivity contribution in [2.45, 2.75) is 43.8 Å². The van der Waals surface area contributed by atoms with Crippen LogP contribution in [0.4, 0.5) is 0 Å². The van der Waals surface area contributed by atoms with Gasteiger partial charge in [0.1, 0.15) is 0 Å². The zero-order valence-electron chi connectivity index (χ0n) is 19.0. The minimum absolute atomic E-state index is 0.0142. The molecule has 0 saturated heterocycles. The summed E-state index contributed by atoms with van der Waals surface area (Å²) in [6.07, 6.45) is 8.14. The first-order valence-electron chi connectivity index (χ1n) is 11.7. The molecular weight excluding hydrogens is 448 g/mol. The highest BCUT2D eigenvalue weighted by Crippen LogP contribution is 2.33. The van der Waals surface area contributed by atoms with E-state index in [9.17, 15) is 4.79 Å². The summed E-state index contributed by atoms with van der Waals surface area (Å²) in [5.41, 5.74) is 3.50. The summed E-state index contributed by atoms with van der Waals surface area (Å²) in [4.78, 5) is 12.5. The second-order valence-electron chi connectivity index (χ2n) is 8.44. The molecule has 2 aromatic carbocycles. The molecular formula is C26H28N4O3S. The highest BCUT2D eigenvalue weighted by Gasteiger charge is 2.18. The van der Waals surface area contributed by atoms with Gasteiger partial charge in [-0.25, -0.2) is 0 Å². The van der Waals surface area contributed by atoms with Crippen LogP contribution in [0.25, 0.3) is 11.4 Å². The van der Waals surface area contributed by atoms with Crippen LogP contribution < -0.4 is 14.8 Å². The Kier molecular flexibility index (Phi) is 7.14. The van der Waals surface area contributed by atoms with Crippen LogP contribution >= 0.6 is 11.8 Å². The molecule has 1 N–H and O–H groups in total. The first-order valence-corrected chi connectivity index (χ1v) is 12.7. The molecule has 5 rings (SSSR count). The Hall–Kier alpha value is -3.26. The van der Waals surface area contributed by atoms with Gasteiger partial charge in [-0.15, -0.1) is 10.2 Å². The van der Waals surface area contributed by atoms with Gasteiger partial charge in [0.2, 0.25) is 12.7 Å². The fourth-order valence-electron chi connectivity index (χ4n) is 4.24. The Labute approximate surface area is 203 Å². The number of nitrogens with one attached hydrogen (secondary N) is 1. The Bertz CT molecular complexity index is 1180. The number of rotatable bonds is 9. The van der Waals surface area contributed by atoms with Crippen LogP contribution in [0.1, 0.15) is 37.7 Å². The fourth-order valence-corrected chi connectivity index (χ4v) is 5.00. The van der Waals surface area contributed by atoms with E-state index in [2.05, 4.69) is 26.2 Å². The number of benzene rings is 2. The number of amides is 1. The molecule has 176 valence electrons. The lowest BCUT2D eigenvalue weighted by molar-refractivity contribution is -0.118. The normalized spacial score (nSPS) is 14.6. The van der Waals surface area contributed by atoms with Crippen molar-refractivity contribution in [1.29, 1.82) is 0 Å². The van der Waals surface area contributed by atoms with E-state index in [1.165, 1.54) is 36.6 Å². The number of allylic oxidation sites excluding steroid dienone is 1. The van der Waals surface area contributed by atoms with E-state index in [0.717, 1.165) is 41.3 Å². The molecule has 0 spiro atoms. The van der Waals surface area contributed by atoms with Crippen LogP contribution in [0.15, 0.2) is 65.3 Å². The van der Waals surface area contributed by atoms with Crippen LogP contribution in [0.2, 0.25) is 0 Å². The Morgan fingerprint density at radius 3 is 2.79 bits per heavy atom. The maximum absolute atomic E-state index is 12.5. The first kappa shape index (κ1) is 22.5. The molecule has 7 nitrogen and oxygen atoms in total. The van der Waals surface area contributed by atoms with Crippen molar-refractivity contribution in [3.05, 3.63) is 65.7 Å². The van der Waals surface area contributed by atoms with Crippen LogP contribution in [-0.4, -0.2) is 39.8 Å². The number of nitrogens with zero attached hydrogens (tertiary/aromatic N) is 3. The third-order valence-corrected chi connectivity index (χ3v) is 6.98. The molecule has 3 aromatic rings. The van der Waals surface area contributed by atoms with Crippen LogP contribution in [0, 0.1) is 0 Å². The van der Waals surface area contributed by atoms with E-state index >= 15 is 0 Å². The van der Waals surface area contributed by atoms with Crippen molar-refractivity contribution in [2.24, 2.45) is 0 Å². The Morgan fingerprint density at radius 2 is 1.94 bits per heavy atom. The lowest BCUT2D eigenvalue weighted by Gasteiger charge is -2.13. The average Bonchev–Trinajstić information content (AvgIpc) is 3.50. The van der Waals surface area contributed by atoms with Crippen LogP contribution in [0.3, 0.4) is 0 Å². The van der Waals surface area contributed by atoms with Crippen molar-refractivity contribution in [3.63, 3.8) is 0 Å². The van der Waals surface area contributed by atoms with Gasteiger partial charge in [-0.3, -0.25) is 9.36 Å². The van der Waals surface area contributed by atoms with Crippen molar-refractivity contribution in [3.8, 4) is 22.9 Å². The van der Waals surface area contributed by atoms with Gasteiger partial charge in [0, 0.05) is 12.1 Å². The highest BCUT2D eigenvalue weighted by molar-refractivity contribution is 7.99. The summed E-state index contributed by atoms with van der Waals surface area (Å²) in [6.45, 7) is 1.49.